The van der Waals surface area contributed by atoms with E-state index in [0.29, 0.717) is 5.56 Å². The molecule has 0 aliphatic heterocycles. The van der Waals surface area contributed by atoms with Gasteiger partial charge in [0.25, 0.3) is 0 Å². The summed E-state index contributed by atoms with van der Waals surface area (Å²) in [6.45, 7) is 1.63. The van der Waals surface area contributed by atoms with E-state index in [1.807, 2.05) is 0 Å². The molecule has 5 nitrogen and oxygen atoms in total. The van der Waals surface area contributed by atoms with Crippen molar-refractivity contribution < 1.29 is 26.5 Å². The molecule has 2 rings (SSSR count). The second-order valence-electron chi connectivity index (χ2n) is 4.46. The van der Waals surface area contributed by atoms with E-state index >= 15 is 0 Å². The number of methoxy groups -OCH3 is 1. The summed E-state index contributed by atoms with van der Waals surface area (Å²) in [7, 11) is -3.25. The molecule has 116 valence electrons. The van der Waals surface area contributed by atoms with Gasteiger partial charge in [-0.2, -0.15) is 8.42 Å². The van der Waals surface area contributed by atoms with E-state index in [0.717, 1.165) is 19.2 Å². The quantitative estimate of drug-likeness (QED) is 0.639. The molecule has 0 radical (unpaired) electrons. The Morgan fingerprint density at radius 2 is 1.82 bits per heavy atom. The van der Waals surface area contributed by atoms with Crippen molar-refractivity contribution in [1.82, 2.24) is 0 Å². The molecule has 0 aromatic heterocycles. The highest BCUT2D eigenvalue weighted by atomic mass is 32.2. The maximum absolute atomic E-state index is 13.8. The summed E-state index contributed by atoms with van der Waals surface area (Å²) in [5, 5.41) is 0. The van der Waals surface area contributed by atoms with Crippen LogP contribution in [0.15, 0.2) is 47.4 Å². The zero-order chi connectivity index (χ0) is 16.3. The average Bonchev–Trinajstić information content (AvgIpc) is 2.46. The molecule has 2 aromatic carbocycles. The Morgan fingerprint density at radius 3 is 2.45 bits per heavy atom. The van der Waals surface area contributed by atoms with Crippen molar-refractivity contribution in [2.45, 2.75) is 11.8 Å². The van der Waals surface area contributed by atoms with Gasteiger partial charge < -0.3 is 8.92 Å². The number of carbonyl (C=O) groups excluding carboxylic acids is 1. The molecular formula is C15H13FO5S. The maximum Gasteiger partial charge on any atom is 0.342 e. The smallest absolute Gasteiger partial charge is 0.342 e. The summed E-state index contributed by atoms with van der Waals surface area (Å²) in [6, 6.07) is 9.30. The normalized spacial score (nSPS) is 11.0. The van der Waals surface area contributed by atoms with Crippen LogP contribution in [-0.4, -0.2) is 21.5 Å². The number of esters is 1. The third kappa shape index (κ3) is 3.25. The summed E-state index contributed by atoms with van der Waals surface area (Å²) >= 11 is 0. The molecule has 0 heterocycles. The summed E-state index contributed by atoms with van der Waals surface area (Å²) in [5.74, 6) is -1.90. The van der Waals surface area contributed by atoms with Gasteiger partial charge in [-0.1, -0.05) is 18.2 Å². The van der Waals surface area contributed by atoms with Gasteiger partial charge in [0.2, 0.25) is 0 Å². The molecule has 0 atom stereocenters. The van der Waals surface area contributed by atoms with Crippen molar-refractivity contribution in [1.29, 1.82) is 0 Å². The van der Waals surface area contributed by atoms with Gasteiger partial charge in [-0.05, 0) is 36.8 Å². The third-order valence-corrected chi connectivity index (χ3v) is 4.12. The fraction of sp³-hybridized carbons (Fsp3) is 0.133. The summed E-state index contributed by atoms with van der Waals surface area (Å²) < 4.78 is 47.6. The molecule has 2 aromatic rings. The highest BCUT2D eigenvalue weighted by Crippen LogP contribution is 2.25. The lowest BCUT2D eigenvalue weighted by molar-refractivity contribution is 0.0599. The minimum absolute atomic E-state index is 0.0684. The Hall–Kier alpha value is -2.41. The van der Waals surface area contributed by atoms with Gasteiger partial charge in [-0.15, -0.1) is 0 Å². The van der Waals surface area contributed by atoms with Gasteiger partial charge in [-0.3, -0.25) is 0 Å². The highest BCUT2D eigenvalue weighted by Gasteiger charge is 2.24. The molecule has 22 heavy (non-hydrogen) atoms. The van der Waals surface area contributed by atoms with Crippen LogP contribution in [0.3, 0.4) is 0 Å². The Labute approximate surface area is 127 Å². The van der Waals surface area contributed by atoms with Crippen LogP contribution in [0.25, 0.3) is 0 Å². The van der Waals surface area contributed by atoms with Crippen LogP contribution in [0, 0.1) is 12.7 Å². The van der Waals surface area contributed by atoms with E-state index in [9.17, 15) is 17.6 Å². The Morgan fingerprint density at radius 1 is 1.14 bits per heavy atom. The molecule has 0 unspecified atom stereocenters. The van der Waals surface area contributed by atoms with Gasteiger partial charge in [0.15, 0.2) is 5.75 Å². The van der Waals surface area contributed by atoms with E-state index in [4.69, 9.17) is 4.18 Å². The van der Waals surface area contributed by atoms with Crippen LogP contribution in [0.2, 0.25) is 0 Å². The molecule has 0 aliphatic rings. The molecule has 7 heteroatoms. The predicted molar refractivity (Wildman–Crippen MR) is 76.7 cm³/mol. The molecule has 0 amide bonds. The minimum atomic E-state index is -4.41. The van der Waals surface area contributed by atoms with Crippen LogP contribution in [0.1, 0.15) is 15.9 Å². The van der Waals surface area contributed by atoms with Gasteiger partial charge in [0.05, 0.1) is 7.11 Å². The first-order valence-corrected chi connectivity index (χ1v) is 7.64. The molecule has 0 bridgehead atoms. The maximum atomic E-state index is 13.8. The highest BCUT2D eigenvalue weighted by molar-refractivity contribution is 7.87. The Kier molecular flexibility index (Phi) is 4.46. The van der Waals surface area contributed by atoms with E-state index in [1.165, 1.54) is 30.3 Å². The number of aryl methyl sites for hydroxylation is 1. The van der Waals surface area contributed by atoms with E-state index < -0.39 is 26.8 Å². The van der Waals surface area contributed by atoms with Crippen LogP contribution < -0.4 is 4.18 Å². The summed E-state index contributed by atoms with van der Waals surface area (Å²) in [5.41, 5.74) is 0.507. The lowest BCUT2D eigenvalue weighted by Crippen LogP contribution is -2.14. The van der Waals surface area contributed by atoms with E-state index in [1.54, 1.807) is 6.92 Å². The van der Waals surface area contributed by atoms with Gasteiger partial charge in [0, 0.05) is 0 Å². The second-order valence-corrected chi connectivity index (χ2v) is 5.97. The van der Waals surface area contributed by atoms with Crippen molar-refractivity contribution >= 4 is 16.1 Å². The van der Waals surface area contributed by atoms with E-state index in [-0.39, 0.29) is 11.3 Å². The molecule has 0 aliphatic carbocycles. The Bertz CT molecular complexity index is 814. The average molecular weight is 324 g/mol. The standard InChI is InChI=1S/C15H13FO5S/c1-10-7-8-14(12(16)9-10)22(18,19)21-13-6-4-3-5-11(13)15(17)20-2/h3-9H,1-2H3. The van der Waals surface area contributed by atoms with Crippen LogP contribution in [0.5, 0.6) is 5.75 Å². The topological polar surface area (TPSA) is 69.7 Å². The lowest BCUT2D eigenvalue weighted by atomic mass is 10.2. The summed E-state index contributed by atoms with van der Waals surface area (Å²) in [6.07, 6.45) is 0. The monoisotopic (exact) mass is 324 g/mol. The molecular weight excluding hydrogens is 311 g/mol. The Balaban J connectivity index is 2.44. The van der Waals surface area contributed by atoms with Crippen molar-refractivity contribution in [3.05, 3.63) is 59.4 Å². The number of halogens is 1. The first-order valence-electron chi connectivity index (χ1n) is 6.23. The third-order valence-electron chi connectivity index (χ3n) is 2.85. The molecule has 0 saturated carbocycles. The van der Waals surface area contributed by atoms with Crippen LogP contribution >= 0.6 is 0 Å². The first-order chi connectivity index (χ1) is 10.3. The zero-order valence-corrected chi connectivity index (χ0v) is 12.7. The molecule has 0 spiro atoms. The SMILES string of the molecule is COC(=O)c1ccccc1OS(=O)(=O)c1ccc(C)cc1F. The largest absolute Gasteiger partial charge is 0.465 e. The van der Waals surface area contributed by atoms with Gasteiger partial charge in [0.1, 0.15) is 16.3 Å². The number of ether oxygens (including phenoxy) is 1. The molecule has 0 fully saturated rings. The van der Waals surface area contributed by atoms with Crippen molar-refractivity contribution in [2.24, 2.45) is 0 Å². The van der Waals surface area contributed by atoms with Crippen molar-refractivity contribution in [3.8, 4) is 5.75 Å². The molecule has 0 saturated heterocycles. The van der Waals surface area contributed by atoms with Gasteiger partial charge in [-0.25, -0.2) is 9.18 Å². The fourth-order valence-corrected chi connectivity index (χ4v) is 2.79. The van der Waals surface area contributed by atoms with Crippen molar-refractivity contribution in [3.63, 3.8) is 0 Å². The van der Waals surface area contributed by atoms with Crippen molar-refractivity contribution in [2.75, 3.05) is 7.11 Å². The van der Waals surface area contributed by atoms with Crippen LogP contribution in [-0.2, 0) is 14.9 Å². The number of hydrogen-bond acceptors (Lipinski definition) is 5. The number of rotatable bonds is 4. The zero-order valence-electron chi connectivity index (χ0n) is 11.9. The number of hydrogen-bond donors (Lipinski definition) is 0. The van der Waals surface area contributed by atoms with Crippen LogP contribution in [0.4, 0.5) is 4.39 Å². The minimum Gasteiger partial charge on any atom is -0.465 e. The fourth-order valence-electron chi connectivity index (χ4n) is 1.79. The van der Waals surface area contributed by atoms with Gasteiger partial charge >= 0.3 is 16.1 Å². The number of carbonyl (C=O) groups is 1. The predicted octanol–water partition coefficient (Wildman–Crippen LogP) is 2.69. The lowest BCUT2D eigenvalue weighted by Gasteiger charge is -2.11. The first kappa shape index (κ1) is 16.0. The number of benzene rings is 2. The number of para-hydroxylation sites is 1. The van der Waals surface area contributed by atoms with E-state index in [2.05, 4.69) is 4.74 Å². The second kappa shape index (κ2) is 6.15. The summed E-state index contributed by atoms with van der Waals surface area (Å²) in [4.78, 5) is 11.0. The molecule has 0 N–H and O–H groups in total.